The summed E-state index contributed by atoms with van der Waals surface area (Å²) >= 11 is 0. The third-order valence-electron chi connectivity index (χ3n) is 3.10. The molecule has 0 aliphatic rings. The molecular formula is C16H16O4. The van der Waals surface area contributed by atoms with Gasteiger partial charge >= 0.3 is 5.97 Å². The molecule has 20 heavy (non-hydrogen) atoms. The number of ketones is 1. The van der Waals surface area contributed by atoms with Crippen LogP contribution in [0.25, 0.3) is 0 Å². The number of rotatable bonds is 4. The van der Waals surface area contributed by atoms with E-state index >= 15 is 0 Å². The van der Waals surface area contributed by atoms with Crippen molar-refractivity contribution < 1.29 is 18.7 Å². The van der Waals surface area contributed by atoms with Gasteiger partial charge in [-0.05, 0) is 37.6 Å². The lowest BCUT2D eigenvalue weighted by Gasteiger charge is -2.01. The summed E-state index contributed by atoms with van der Waals surface area (Å²) in [6, 6.07) is 8.88. The Morgan fingerprint density at radius 3 is 2.35 bits per heavy atom. The summed E-state index contributed by atoms with van der Waals surface area (Å²) in [5, 5.41) is 0. The van der Waals surface area contributed by atoms with Crippen LogP contribution in [0.15, 0.2) is 34.7 Å². The molecule has 0 radical (unpaired) electrons. The lowest BCUT2D eigenvalue weighted by Crippen LogP contribution is -2.00. The zero-order valence-corrected chi connectivity index (χ0v) is 11.7. The van der Waals surface area contributed by atoms with Crippen molar-refractivity contribution in [3.63, 3.8) is 0 Å². The number of carbonyl (C=O) groups is 2. The number of Topliss-reactive ketones (excluding diaryl/α,β-unsaturated/α-hetero) is 1. The Morgan fingerprint density at radius 1 is 1.20 bits per heavy atom. The summed E-state index contributed by atoms with van der Waals surface area (Å²) < 4.78 is 10.2. The molecule has 0 N–H and O–H groups in total. The maximum Gasteiger partial charge on any atom is 0.337 e. The number of carbonyl (C=O) groups excluding carboxylic acids is 2. The van der Waals surface area contributed by atoms with E-state index in [1.807, 2.05) is 12.1 Å². The summed E-state index contributed by atoms with van der Waals surface area (Å²) in [7, 11) is 1.35. The molecule has 1 aromatic carbocycles. The standard InChI is InChI=1S/C16H16O4/c1-10(17)15-9-14(20-11(15)2)8-12-4-6-13(7-5-12)16(18)19-3/h4-7,9H,8H2,1-3H3. The third kappa shape index (κ3) is 2.96. The molecule has 0 amide bonds. The number of benzene rings is 1. The Hall–Kier alpha value is -2.36. The monoisotopic (exact) mass is 272 g/mol. The molecule has 0 aliphatic heterocycles. The molecule has 4 heteroatoms. The summed E-state index contributed by atoms with van der Waals surface area (Å²) in [5.41, 5.74) is 2.13. The quantitative estimate of drug-likeness (QED) is 0.633. The lowest BCUT2D eigenvalue weighted by molar-refractivity contribution is 0.0600. The van der Waals surface area contributed by atoms with Crippen molar-refractivity contribution in [1.82, 2.24) is 0 Å². The van der Waals surface area contributed by atoms with Crippen molar-refractivity contribution in [1.29, 1.82) is 0 Å². The third-order valence-corrected chi connectivity index (χ3v) is 3.10. The second-order valence-corrected chi connectivity index (χ2v) is 4.60. The van der Waals surface area contributed by atoms with E-state index < -0.39 is 0 Å². The van der Waals surface area contributed by atoms with Gasteiger partial charge in [0, 0.05) is 6.42 Å². The zero-order chi connectivity index (χ0) is 14.7. The zero-order valence-electron chi connectivity index (χ0n) is 11.7. The van der Waals surface area contributed by atoms with E-state index in [0.29, 0.717) is 23.3 Å². The molecule has 1 heterocycles. The number of ether oxygens (including phenoxy) is 1. The number of aryl methyl sites for hydroxylation is 1. The molecule has 2 rings (SSSR count). The normalized spacial score (nSPS) is 10.3. The van der Waals surface area contributed by atoms with Crippen LogP contribution in [0.3, 0.4) is 0 Å². The summed E-state index contributed by atoms with van der Waals surface area (Å²) in [6.07, 6.45) is 0.579. The van der Waals surface area contributed by atoms with Gasteiger partial charge in [-0.25, -0.2) is 4.79 Å². The second kappa shape index (κ2) is 5.74. The van der Waals surface area contributed by atoms with Gasteiger partial charge in [0.25, 0.3) is 0 Å². The minimum absolute atomic E-state index is 0.00135. The van der Waals surface area contributed by atoms with Crippen LogP contribution in [-0.2, 0) is 11.2 Å². The Kier molecular flexibility index (Phi) is 4.03. The van der Waals surface area contributed by atoms with Crippen molar-refractivity contribution >= 4 is 11.8 Å². The topological polar surface area (TPSA) is 56.5 Å². The average molecular weight is 272 g/mol. The minimum atomic E-state index is -0.357. The van der Waals surface area contributed by atoms with Gasteiger partial charge in [-0.2, -0.15) is 0 Å². The molecule has 0 atom stereocenters. The van der Waals surface area contributed by atoms with Crippen LogP contribution in [0.2, 0.25) is 0 Å². The number of furan rings is 1. The first-order valence-electron chi connectivity index (χ1n) is 6.28. The molecule has 0 fully saturated rings. The molecule has 0 spiro atoms. The van der Waals surface area contributed by atoms with Crippen LogP contribution in [-0.4, -0.2) is 18.9 Å². The smallest absolute Gasteiger partial charge is 0.337 e. The molecule has 1 aromatic heterocycles. The first-order chi connectivity index (χ1) is 9.51. The van der Waals surface area contributed by atoms with Crippen LogP contribution >= 0.6 is 0 Å². The van der Waals surface area contributed by atoms with Gasteiger partial charge in [-0.1, -0.05) is 12.1 Å². The van der Waals surface area contributed by atoms with Gasteiger partial charge in [-0.3, -0.25) is 4.79 Å². The minimum Gasteiger partial charge on any atom is -0.465 e. The van der Waals surface area contributed by atoms with E-state index in [0.717, 1.165) is 11.3 Å². The molecule has 0 unspecified atom stereocenters. The highest BCUT2D eigenvalue weighted by Crippen LogP contribution is 2.18. The highest BCUT2D eigenvalue weighted by Gasteiger charge is 2.12. The van der Waals surface area contributed by atoms with Crippen LogP contribution in [0, 0.1) is 6.92 Å². The van der Waals surface area contributed by atoms with E-state index in [4.69, 9.17) is 4.42 Å². The Morgan fingerprint density at radius 2 is 1.85 bits per heavy atom. The number of hydrogen-bond acceptors (Lipinski definition) is 4. The average Bonchev–Trinajstić information content (AvgIpc) is 2.79. The van der Waals surface area contributed by atoms with Gasteiger partial charge in [0.1, 0.15) is 11.5 Å². The van der Waals surface area contributed by atoms with Crippen LogP contribution in [0.4, 0.5) is 0 Å². The SMILES string of the molecule is COC(=O)c1ccc(Cc2cc(C(C)=O)c(C)o2)cc1. The van der Waals surface area contributed by atoms with Crippen molar-refractivity contribution in [2.24, 2.45) is 0 Å². The second-order valence-electron chi connectivity index (χ2n) is 4.60. The molecule has 4 nitrogen and oxygen atoms in total. The van der Waals surface area contributed by atoms with E-state index in [2.05, 4.69) is 4.74 Å². The first kappa shape index (κ1) is 14.1. The van der Waals surface area contributed by atoms with Gasteiger partial charge in [-0.15, -0.1) is 0 Å². The van der Waals surface area contributed by atoms with E-state index in [1.165, 1.54) is 14.0 Å². The maximum absolute atomic E-state index is 11.4. The van der Waals surface area contributed by atoms with Gasteiger partial charge in [0.15, 0.2) is 5.78 Å². The molecule has 0 bridgehead atoms. The van der Waals surface area contributed by atoms with Crippen LogP contribution in [0.1, 0.15) is 44.7 Å². The van der Waals surface area contributed by atoms with Crippen molar-refractivity contribution in [3.05, 3.63) is 58.5 Å². The maximum atomic E-state index is 11.4. The molecule has 0 aliphatic carbocycles. The Labute approximate surface area is 117 Å². The van der Waals surface area contributed by atoms with Crippen molar-refractivity contribution in [2.45, 2.75) is 20.3 Å². The largest absolute Gasteiger partial charge is 0.465 e. The molecule has 2 aromatic rings. The highest BCUT2D eigenvalue weighted by molar-refractivity contribution is 5.95. The van der Waals surface area contributed by atoms with E-state index in [9.17, 15) is 9.59 Å². The van der Waals surface area contributed by atoms with Crippen LogP contribution in [0.5, 0.6) is 0 Å². The van der Waals surface area contributed by atoms with E-state index in [-0.39, 0.29) is 11.8 Å². The molecule has 104 valence electrons. The predicted octanol–water partition coefficient (Wildman–Crippen LogP) is 3.17. The van der Waals surface area contributed by atoms with Gasteiger partial charge in [0.2, 0.25) is 0 Å². The molecule has 0 saturated carbocycles. The predicted molar refractivity (Wildman–Crippen MR) is 74.0 cm³/mol. The van der Waals surface area contributed by atoms with Gasteiger partial charge in [0.05, 0.1) is 18.2 Å². The number of esters is 1. The van der Waals surface area contributed by atoms with Crippen molar-refractivity contribution in [3.8, 4) is 0 Å². The van der Waals surface area contributed by atoms with Crippen molar-refractivity contribution in [2.75, 3.05) is 7.11 Å². The summed E-state index contributed by atoms with van der Waals surface area (Å²) in [6.45, 7) is 3.30. The number of methoxy groups -OCH3 is 1. The summed E-state index contributed by atoms with van der Waals surface area (Å²) in [5.74, 6) is 1.01. The molecule has 0 saturated heterocycles. The fraction of sp³-hybridized carbons (Fsp3) is 0.250. The van der Waals surface area contributed by atoms with Gasteiger partial charge < -0.3 is 9.15 Å². The van der Waals surface area contributed by atoms with Crippen LogP contribution < -0.4 is 0 Å². The lowest BCUT2D eigenvalue weighted by atomic mass is 10.1. The highest BCUT2D eigenvalue weighted by atomic mass is 16.5. The molecular weight excluding hydrogens is 256 g/mol. The Balaban J connectivity index is 2.16. The Bertz CT molecular complexity index is 635. The summed E-state index contributed by atoms with van der Waals surface area (Å²) in [4.78, 5) is 22.7. The number of hydrogen-bond donors (Lipinski definition) is 0. The fourth-order valence-corrected chi connectivity index (χ4v) is 2.06. The van der Waals surface area contributed by atoms with E-state index in [1.54, 1.807) is 25.1 Å². The first-order valence-corrected chi connectivity index (χ1v) is 6.28. The fourth-order valence-electron chi connectivity index (χ4n) is 2.06.